The molecule has 0 saturated heterocycles. The van der Waals surface area contributed by atoms with E-state index in [4.69, 9.17) is 4.74 Å². The molecule has 8 heteroatoms. The molecule has 1 amide bonds. The van der Waals surface area contributed by atoms with E-state index in [0.29, 0.717) is 27.3 Å². The molecule has 0 aliphatic heterocycles. The van der Waals surface area contributed by atoms with Crippen molar-refractivity contribution in [3.63, 3.8) is 0 Å². The first kappa shape index (κ1) is 16.2. The summed E-state index contributed by atoms with van der Waals surface area (Å²) < 4.78 is 5.75. The Morgan fingerprint density at radius 3 is 2.91 bits per heavy atom. The minimum Gasteiger partial charge on any atom is -0.462 e. The number of nitrogens with zero attached hydrogens (tertiary/aromatic N) is 1. The van der Waals surface area contributed by atoms with Crippen LogP contribution in [-0.4, -0.2) is 28.7 Å². The summed E-state index contributed by atoms with van der Waals surface area (Å²) >= 11 is 4.73. The number of aryl methyl sites for hydroxylation is 1. The first-order chi connectivity index (χ1) is 11.1. The molecule has 1 aliphatic carbocycles. The molecule has 23 heavy (non-hydrogen) atoms. The number of esters is 1. The highest BCUT2D eigenvalue weighted by Gasteiger charge is 2.27. The molecule has 0 fully saturated rings. The van der Waals surface area contributed by atoms with Crippen molar-refractivity contribution in [2.24, 2.45) is 0 Å². The van der Waals surface area contributed by atoms with Gasteiger partial charge in [-0.2, -0.15) is 5.10 Å². The Bertz CT molecular complexity index is 753. The number of hydrogen-bond donors (Lipinski definition) is 2. The molecule has 2 N–H and O–H groups in total. The minimum atomic E-state index is -0.370. The highest BCUT2D eigenvalue weighted by molar-refractivity contribution is 9.10. The van der Waals surface area contributed by atoms with E-state index in [0.717, 1.165) is 31.2 Å². The van der Waals surface area contributed by atoms with Gasteiger partial charge in [0.2, 0.25) is 0 Å². The number of ether oxygens (including phenoxy) is 1. The number of halogens is 1. The number of carbonyl (C=O) groups excluding carboxylic acids is 2. The van der Waals surface area contributed by atoms with Gasteiger partial charge >= 0.3 is 5.97 Å². The lowest BCUT2D eigenvalue weighted by molar-refractivity contribution is 0.0526. The van der Waals surface area contributed by atoms with E-state index < -0.39 is 0 Å². The largest absolute Gasteiger partial charge is 0.462 e. The summed E-state index contributed by atoms with van der Waals surface area (Å²) in [6, 6.07) is 0. The minimum absolute atomic E-state index is 0.308. The van der Waals surface area contributed by atoms with Crippen molar-refractivity contribution >= 4 is 44.1 Å². The van der Waals surface area contributed by atoms with Crippen molar-refractivity contribution in [2.75, 3.05) is 11.9 Å². The summed E-state index contributed by atoms with van der Waals surface area (Å²) in [5, 5.41) is 9.84. The van der Waals surface area contributed by atoms with Gasteiger partial charge in [-0.1, -0.05) is 0 Å². The number of thiophene rings is 1. The van der Waals surface area contributed by atoms with Crippen molar-refractivity contribution < 1.29 is 14.3 Å². The summed E-state index contributed by atoms with van der Waals surface area (Å²) in [5.41, 5.74) is 1.86. The van der Waals surface area contributed by atoms with Crippen LogP contribution in [0.2, 0.25) is 0 Å². The number of H-pyrrole nitrogens is 1. The SMILES string of the molecule is CCOC(=O)c1c(NC(=O)c2[nH]ncc2Br)sc2c1CCCC2. The molecular formula is C15H16BrN3O3S. The van der Waals surface area contributed by atoms with Gasteiger partial charge in [0.15, 0.2) is 0 Å². The Balaban J connectivity index is 1.95. The van der Waals surface area contributed by atoms with E-state index in [1.807, 2.05) is 0 Å². The second-order valence-corrected chi connectivity index (χ2v) is 7.14. The van der Waals surface area contributed by atoms with Crippen LogP contribution in [0.5, 0.6) is 0 Å². The second kappa shape index (κ2) is 6.84. The van der Waals surface area contributed by atoms with E-state index in [-0.39, 0.29) is 11.9 Å². The Hall–Kier alpha value is -1.67. The molecule has 0 bridgehead atoms. The summed E-state index contributed by atoms with van der Waals surface area (Å²) in [7, 11) is 0. The second-order valence-electron chi connectivity index (χ2n) is 5.18. The zero-order chi connectivity index (χ0) is 16.4. The van der Waals surface area contributed by atoms with Crippen LogP contribution in [-0.2, 0) is 17.6 Å². The van der Waals surface area contributed by atoms with E-state index in [1.165, 1.54) is 22.4 Å². The molecule has 1 aliphatic rings. The Morgan fingerprint density at radius 2 is 2.22 bits per heavy atom. The van der Waals surface area contributed by atoms with Crippen LogP contribution in [0.15, 0.2) is 10.7 Å². The topological polar surface area (TPSA) is 84.1 Å². The first-order valence-electron chi connectivity index (χ1n) is 7.43. The van der Waals surface area contributed by atoms with Crippen molar-refractivity contribution in [2.45, 2.75) is 32.6 Å². The van der Waals surface area contributed by atoms with Gasteiger partial charge in [0.1, 0.15) is 10.7 Å². The van der Waals surface area contributed by atoms with Crippen LogP contribution in [0, 0.1) is 0 Å². The Morgan fingerprint density at radius 1 is 1.43 bits per heavy atom. The number of nitrogens with one attached hydrogen (secondary N) is 2. The monoisotopic (exact) mass is 397 g/mol. The van der Waals surface area contributed by atoms with Gasteiger partial charge in [0, 0.05) is 4.88 Å². The van der Waals surface area contributed by atoms with Crippen LogP contribution in [0.4, 0.5) is 5.00 Å². The molecule has 0 saturated carbocycles. The molecule has 0 atom stereocenters. The number of anilines is 1. The molecular weight excluding hydrogens is 382 g/mol. The fourth-order valence-corrected chi connectivity index (χ4v) is 4.31. The molecule has 0 radical (unpaired) electrons. The van der Waals surface area contributed by atoms with Crippen LogP contribution >= 0.6 is 27.3 Å². The first-order valence-corrected chi connectivity index (χ1v) is 9.04. The summed E-state index contributed by atoms with van der Waals surface area (Å²) in [4.78, 5) is 25.9. The molecule has 2 aromatic rings. The van der Waals surface area contributed by atoms with E-state index in [2.05, 4.69) is 31.4 Å². The van der Waals surface area contributed by atoms with Crippen LogP contribution < -0.4 is 5.32 Å². The maximum absolute atomic E-state index is 12.4. The zero-order valence-corrected chi connectivity index (χ0v) is 15.0. The number of rotatable bonds is 4. The van der Waals surface area contributed by atoms with Gasteiger partial charge in [0.25, 0.3) is 5.91 Å². The summed E-state index contributed by atoms with van der Waals surface area (Å²) in [5.74, 6) is -0.704. The lowest BCUT2D eigenvalue weighted by atomic mass is 9.95. The summed E-state index contributed by atoms with van der Waals surface area (Å²) in [6.45, 7) is 2.08. The standard InChI is InChI=1S/C15H16BrN3O3S/c1-2-22-15(21)11-8-5-3-4-6-10(8)23-14(11)18-13(20)12-9(16)7-17-19-12/h7H,2-6H2,1H3,(H,17,19)(H,18,20). The summed E-state index contributed by atoms with van der Waals surface area (Å²) in [6.07, 6.45) is 5.46. The normalized spacial score (nSPS) is 13.5. The van der Waals surface area contributed by atoms with Gasteiger partial charge in [0.05, 0.1) is 22.8 Å². The van der Waals surface area contributed by atoms with Gasteiger partial charge in [-0.15, -0.1) is 11.3 Å². The zero-order valence-electron chi connectivity index (χ0n) is 12.6. The number of fused-ring (bicyclic) bond motifs is 1. The number of amides is 1. The van der Waals surface area contributed by atoms with Gasteiger partial charge in [-0.05, 0) is 54.1 Å². The molecule has 6 nitrogen and oxygen atoms in total. The number of hydrogen-bond acceptors (Lipinski definition) is 5. The predicted octanol–water partition coefficient (Wildman–Crippen LogP) is 3.54. The van der Waals surface area contributed by atoms with Crippen LogP contribution in [0.25, 0.3) is 0 Å². The third-order valence-electron chi connectivity index (χ3n) is 3.70. The molecule has 0 aromatic carbocycles. The highest BCUT2D eigenvalue weighted by atomic mass is 79.9. The maximum atomic E-state index is 12.4. The highest BCUT2D eigenvalue weighted by Crippen LogP contribution is 2.38. The fraction of sp³-hybridized carbons (Fsp3) is 0.400. The van der Waals surface area contributed by atoms with Gasteiger partial charge < -0.3 is 10.1 Å². The molecule has 0 unspecified atom stereocenters. The van der Waals surface area contributed by atoms with E-state index in [9.17, 15) is 9.59 Å². The van der Waals surface area contributed by atoms with Gasteiger partial charge in [-0.25, -0.2) is 4.79 Å². The molecule has 122 valence electrons. The fourth-order valence-electron chi connectivity index (χ4n) is 2.67. The average Bonchev–Trinajstić information content (AvgIpc) is 3.10. The molecule has 2 heterocycles. The Kier molecular flexibility index (Phi) is 4.82. The quantitative estimate of drug-likeness (QED) is 0.772. The third kappa shape index (κ3) is 3.18. The van der Waals surface area contributed by atoms with Gasteiger partial charge in [-0.3, -0.25) is 9.89 Å². The number of aromatic amines is 1. The van der Waals surface area contributed by atoms with E-state index in [1.54, 1.807) is 6.92 Å². The predicted molar refractivity (Wildman–Crippen MR) is 91.2 cm³/mol. The van der Waals surface area contributed by atoms with E-state index >= 15 is 0 Å². The maximum Gasteiger partial charge on any atom is 0.341 e. The van der Waals surface area contributed by atoms with Crippen molar-refractivity contribution in [1.82, 2.24) is 10.2 Å². The van der Waals surface area contributed by atoms with Crippen LogP contribution in [0.3, 0.4) is 0 Å². The van der Waals surface area contributed by atoms with Crippen molar-refractivity contribution in [1.29, 1.82) is 0 Å². The number of aromatic nitrogens is 2. The van der Waals surface area contributed by atoms with Crippen molar-refractivity contribution in [3.8, 4) is 0 Å². The smallest absolute Gasteiger partial charge is 0.341 e. The molecule has 3 rings (SSSR count). The van der Waals surface area contributed by atoms with Crippen LogP contribution in [0.1, 0.15) is 51.1 Å². The lowest BCUT2D eigenvalue weighted by Crippen LogP contribution is -2.16. The van der Waals surface area contributed by atoms with Crippen molar-refractivity contribution in [3.05, 3.63) is 32.4 Å². The number of carbonyl (C=O) groups is 2. The lowest BCUT2D eigenvalue weighted by Gasteiger charge is -2.12. The average molecular weight is 398 g/mol. The molecule has 0 spiro atoms. The molecule has 2 aromatic heterocycles. The Labute approximate surface area is 145 Å². The third-order valence-corrected chi connectivity index (χ3v) is 5.51.